The highest BCUT2D eigenvalue weighted by Crippen LogP contribution is 2.42. The lowest BCUT2D eigenvalue weighted by atomic mass is 10.1. The summed E-state index contributed by atoms with van der Waals surface area (Å²) in [6.07, 6.45) is 4.01. The molecule has 0 unspecified atom stereocenters. The van der Waals surface area contributed by atoms with E-state index in [2.05, 4.69) is 20.3 Å². The molecule has 0 aliphatic heterocycles. The Kier molecular flexibility index (Phi) is 7.33. The van der Waals surface area contributed by atoms with Crippen LogP contribution in [0, 0.1) is 15.2 Å². The number of rotatable bonds is 8. The minimum absolute atomic E-state index is 0.00575. The van der Waals surface area contributed by atoms with Crippen molar-refractivity contribution in [3.8, 4) is 5.75 Å². The topological polar surface area (TPSA) is 109 Å². The van der Waals surface area contributed by atoms with Crippen molar-refractivity contribution in [1.82, 2.24) is 10.3 Å². The van der Waals surface area contributed by atoms with Crippen molar-refractivity contribution < 1.29 is 26.7 Å². The molecule has 184 valence electrons. The zero-order valence-electron chi connectivity index (χ0n) is 18.0. The van der Waals surface area contributed by atoms with Crippen LogP contribution in [-0.4, -0.2) is 32.5 Å². The highest BCUT2D eigenvalue weighted by atomic mass is 127. The molecular weight excluding hydrogens is 617 g/mol. The van der Waals surface area contributed by atoms with Crippen LogP contribution in [0.5, 0.6) is 5.75 Å². The van der Waals surface area contributed by atoms with E-state index in [1.165, 1.54) is 30.6 Å². The summed E-state index contributed by atoms with van der Waals surface area (Å²) in [5, 5.41) is 5.48. The van der Waals surface area contributed by atoms with Crippen molar-refractivity contribution in [2.24, 2.45) is 0 Å². The Balaban J connectivity index is 1.91. The van der Waals surface area contributed by atoms with Crippen molar-refractivity contribution in [3.05, 3.63) is 68.5 Å². The molecule has 3 aromatic rings. The van der Waals surface area contributed by atoms with Crippen LogP contribution in [0.3, 0.4) is 0 Å². The zero-order valence-corrected chi connectivity index (χ0v) is 21.8. The number of amides is 1. The fourth-order valence-corrected chi connectivity index (χ4v) is 5.45. The van der Waals surface area contributed by atoms with Gasteiger partial charge in [-0.05, 0) is 65.8 Å². The molecule has 1 aliphatic rings. The Morgan fingerprint density at radius 2 is 1.97 bits per heavy atom. The summed E-state index contributed by atoms with van der Waals surface area (Å²) in [4.78, 5) is 15.8. The molecule has 0 radical (unpaired) electrons. The lowest BCUT2D eigenvalue weighted by molar-refractivity contribution is 0.0948. The van der Waals surface area contributed by atoms with Gasteiger partial charge in [0.1, 0.15) is 5.56 Å². The number of nitrogens with zero attached hydrogens (tertiary/aromatic N) is 1. The molecule has 13 heteroatoms. The number of sulfonamides is 1. The first kappa shape index (κ1) is 25.4. The fourth-order valence-electron chi connectivity index (χ4n) is 3.25. The third-order valence-electron chi connectivity index (χ3n) is 5.01. The Hall–Kier alpha value is -2.71. The fraction of sp³-hybridized carbons (Fsp3) is 0.182. The number of anilines is 3. The highest BCUT2D eigenvalue weighted by Gasteiger charge is 2.37. The number of hydrogen-bond donors (Lipinski definition) is 3. The second-order valence-electron chi connectivity index (χ2n) is 7.58. The van der Waals surface area contributed by atoms with E-state index < -0.39 is 49.5 Å². The molecule has 0 atom stereocenters. The highest BCUT2D eigenvalue weighted by molar-refractivity contribution is 14.1. The van der Waals surface area contributed by atoms with Crippen molar-refractivity contribution in [2.45, 2.75) is 23.8 Å². The van der Waals surface area contributed by atoms with Crippen molar-refractivity contribution in [3.63, 3.8) is 0 Å². The Bertz CT molecular complexity index is 1410. The minimum Gasteiger partial charge on any atom is -0.494 e. The van der Waals surface area contributed by atoms with Gasteiger partial charge in [-0.15, -0.1) is 0 Å². The molecule has 1 heterocycles. The van der Waals surface area contributed by atoms with Crippen LogP contribution < -0.4 is 20.1 Å². The Morgan fingerprint density at radius 1 is 1.23 bits per heavy atom. The van der Waals surface area contributed by atoms with E-state index in [9.17, 15) is 13.2 Å². The average Bonchev–Trinajstić information content (AvgIpc) is 3.62. The summed E-state index contributed by atoms with van der Waals surface area (Å²) in [7, 11) is -3.69. The minimum atomic E-state index is -4.75. The summed E-state index contributed by atoms with van der Waals surface area (Å²) in [5.74, 6) is -4.81. The number of halogens is 4. The number of carbonyl (C=O) groups excluding carboxylic acids is 1. The van der Waals surface area contributed by atoms with Crippen LogP contribution in [0.2, 0.25) is 5.02 Å². The van der Waals surface area contributed by atoms with Gasteiger partial charge >= 0.3 is 0 Å². The molecule has 3 N–H and O–H groups in total. The van der Waals surface area contributed by atoms with Crippen LogP contribution >= 0.6 is 34.2 Å². The van der Waals surface area contributed by atoms with Crippen molar-refractivity contribution in [1.29, 1.82) is 0 Å². The van der Waals surface area contributed by atoms with Crippen LogP contribution in [0.1, 0.15) is 23.2 Å². The SMILES string of the molecule is COc1c(C(=O)NC2CC2)c(Nc2ccc(I)cc2Cl)c(F)c(F)c1S(=O)(=O)Nc1cccnc1. The average molecular weight is 635 g/mol. The van der Waals surface area contributed by atoms with Gasteiger partial charge in [0.15, 0.2) is 22.3 Å². The van der Waals surface area contributed by atoms with E-state index in [0.717, 1.165) is 10.7 Å². The molecule has 0 bridgehead atoms. The number of aromatic nitrogens is 1. The maximum atomic E-state index is 15.5. The molecule has 4 rings (SSSR count). The quantitative estimate of drug-likeness (QED) is 0.299. The first-order chi connectivity index (χ1) is 16.6. The second kappa shape index (κ2) is 10.1. The second-order valence-corrected chi connectivity index (χ2v) is 10.9. The normalized spacial score (nSPS) is 13.3. The van der Waals surface area contributed by atoms with Gasteiger partial charge in [0, 0.05) is 15.8 Å². The number of nitrogens with one attached hydrogen (secondary N) is 3. The monoisotopic (exact) mass is 634 g/mol. The predicted molar refractivity (Wildman–Crippen MR) is 136 cm³/mol. The number of hydrogen-bond acceptors (Lipinski definition) is 6. The van der Waals surface area contributed by atoms with E-state index in [-0.39, 0.29) is 22.4 Å². The van der Waals surface area contributed by atoms with Crippen LogP contribution in [0.4, 0.5) is 25.8 Å². The van der Waals surface area contributed by atoms with Gasteiger partial charge in [0.05, 0.1) is 35.4 Å². The first-order valence-corrected chi connectivity index (χ1v) is 13.1. The molecule has 2 aromatic carbocycles. The van der Waals surface area contributed by atoms with E-state index in [1.807, 2.05) is 22.6 Å². The van der Waals surface area contributed by atoms with Gasteiger partial charge in [-0.3, -0.25) is 14.5 Å². The Morgan fingerprint density at radius 3 is 2.57 bits per heavy atom. The van der Waals surface area contributed by atoms with Gasteiger partial charge in [0.2, 0.25) is 0 Å². The molecule has 1 aromatic heterocycles. The van der Waals surface area contributed by atoms with Gasteiger partial charge in [-0.1, -0.05) is 11.6 Å². The number of carbonyl (C=O) groups is 1. The Labute approximate surface area is 218 Å². The zero-order chi connectivity index (χ0) is 25.3. The number of ether oxygens (including phenoxy) is 1. The van der Waals surface area contributed by atoms with Crippen LogP contribution in [-0.2, 0) is 10.0 Å². The van der Waals surface area contributed by atoms with Gasteiger partial charge in [-0.2, -0.15) is 0 Å². The molecule has 35 heavy (non-hydrogen) atoms. The van der Waals surface area contributed by atoms with E-state index in [0.29, 0.717) is 12.8 Å². The summed E-state index contributed by atoms with van der Waals surface area (Å²) in [5.41, 5.74) is -0.941. The van der Waals surface area contributed by atoms with E-state index in [4.69, 9.17) is 16.3 Å². The third kappa shape index (κ3) is 5.43. The summed E-state index contributed by atoms with van der Waals surface area (Å²) >= 11 is 8.27. The van der Waals surface area contributed by atoms with Crippen molar-refractivity contribution in [2.75, 3.05) is 17.1 Å². The lowest BCUT2D eigenvalue weighted by Gasteiger charge is -2.21. The number of pyridine rings is 1. The van der Waals surface area contributed by atoms with Crippen LogP contribution in [0.25, 0.3) is 0 Å². The summed E-state index contributed by atoms with van der Waals surface area (Å²) in [6.45, 7) is 0. The predicted octanol–water partition coefficient (Wildman–Crippen LogP) is 5.06. The molecule has 0 saturated heterocycles. The molecule has 1 amide bonds. The van der Waals surface area contributed by atoms with Crippen LogP contribution in [0.15, 0.2) is 47.6 Å². The standard InChI is InChI=1S/C22H18ClF2IN4O4S/c1-34-20-16(22(31)28-12-5-6-12)19(29-15-7-4-11(26)9-14(15)23)17(24)18(25)21(20)35(32,33)30-13-3-2-8-27-10-13/h2-4,7-10,12,29-30H,5-6H2,1H3,(H,28,31). The molecule has 0 spiro atoms. The van der Waals surface area contributed by atoms with Gasteiger partial charge in [0.25, 0.3) is 15.9 Å². The summed E-state index contributed by atoms with van der Waals surface area (Å²) in [6, 6.07) is 7.44. The smallest absolute Gasteiger partial charge is 0.268 e. The molecule has 1 aliphatic carbocycles. The van der Waals surface area contributed by atoms with Gasteiger partial charge < -0.3 is 15.4 Å². The number of benzene rings is 2. The largest absolute Gasteiger partial charge is 0.494 e. The van der Waals surface area contributed by atoms with E-state index >= 15 is 8.78 Å². The molecule has 8 nitrogen and oxygen atoms in total. The molecular formula is C22H18ClF2IN4O4S. The first-order valence-electron chi connectivity index (χ1n) is 10.2. The lowest BCUT2D eigenvalue weighted by Crippen LogP contribution is -2.28. The molecule has 1 saturated carbocycles. The number of methoxy groups -OCH3 is 1. The van der Waals surface area contributed by atoms with E-state index in [1.54, 1.807) is 12.1 Å². The van der Waals surface area contributed by atoms with Crippen molar-refractivity contribution >= 4 is 67.2 Å². The maximum Gasteiger partial charge on any atom is 0.268 e. The van der Waals surface area contributed by atoms with Gasteiger partial charge in [-0.25, -0.2) is 17.2 Å². The third-order valence-corrected chi connectivity index (χ3v) is 7.40. The molecule has 1 fully saturated rings. The summed E-state index contributed by atoms with van der Waals surface area (Å²) < 4.78 is 65.3. The maximum absolute atomic E-state index is 15.5.